The molecular formula is C29H20N2OS2. The van der Waals surface area contributed by atoms with E-state index in [0.29, 0.717) is 0 Å². The number of para-hydroxylation sites is 2. The van der Waals surface area contributed by atoms with Crippen LogP contribution in [0.5, 0.6) is 5.75 Å². The number of hydrogen-bond donors (Lipinski definition) is 0. The fourth-order valence-electron chi connectivity index (χ4n) is 4.11. The third kappa shape index (κ3) is 3.83. The molecule has 34 heavy (non-hydrogen) atoms. The maximum absolute atomic E-state index is 5.39. The predicted octanol–water partition coefficient (Wildman–Crippen LogP) is 8.34. The first-order chi connectivity index (χ1) is 16.8. The normalized spacial score (nSPS) is 11.2. The van der Waals surface area contributed by atoms with Gasteiger partial charge in [-0.3, -0.25) is 0 Å². The van der Waals surface area contributed by atoms with Gasteiger partial charge in [-0.05, 0) is 48.0 Å². The van der Waals surface area contributed by atoms with Crippen LogP contribution in [0.15, 0.2) is 112 Å². The van der Waals surface area contributed by atoms with Crippen molar-refractivity contribution in [3.63, 3.8) is 0 Å². The van der Waals surface area contributed by atoms with Crippen molar-refractivity contribution >= 4 is 44.2 Å². The fraction of sp³-hybridized carbons (Fsp3) is 0.0345. The first kappa shape index (κ1) is 20.9. The van der Waals surface area contributed by atoms with Crippen LogP contribution in [0, 0.1) is 0 Å². The van der Waals surface area contributed by atoms with Crippen molar-refractivity contribution in [2.45, 2.75) is 9.24 Å². The van der Waals surface area contributed by atoms with E-state index in [9.17, 15) is 0 Å². The summed E-state index contributed by atoms with van der Waals surface area (Å²) >= 11 is 3.41. The number of thiazole rings is 1. The summed E-state index contributed by atoms with van der Waals surface area (Å²) < 4.78 is 7.58. The monoisotopic (exact) mass is 476 g/mol. The zero-order chi connectivity index (χ0) is 22.9. The molecule has 0 spiro atoms. The molecule has 6 rings (SSSR count). The lowest BCUT2D eigenvalue weighted by Crippen LogP contribution is -1.95. The minimum atomic E-state index is 0.827. The summed E-state index contributed by atoms with van der Waals surface area (Å²) in [5.74, 6) is 0.827. The molecule has 0 aliphatic carbocycles. The van der Waals surface area contributed by atoms with E-state index in [-0.39, 0.29) is 0 Å². The topological polar surface area (TPSA) is 35.0 Å². The highest BCUT2D eigenvalue weighted by Gasteiger charge is 2.20. The van der Waals surface area contributed by atoms with Crippen molar-refractivity contribution in [2.24, 2.45) is 0 Å². The van der Waals surface area contributed by atoms with Crippen LogP contribution in [-0.2, 0) is 0 Å². The number of pyridine rings is 1. The van der Waals surface area contributed by atoms with Gasteiger partial charge in [-0.15, -0.1) is 11.3 Å². The summed E-state index contributed by atoms with van der Waals surface area (Å²) in [7, 11) is 1.69. The lowest BCUT2D eigenvalue weighted by Gasteiger charge is -2.17. The highest BCUT2D eigenvalue weighted by atomic mass is 32.2. The Morgan fingerprint density at radius 1 is 0.676 bits per heavy atom. The molecule has 0 saturated heterocycles. The molecule has 0 bridgehead atoms. The molecule has 0 fully saturated rings. The molecule has 0 amide bonds. The Bertz CT molecular complexity index is 1580. The van der Waals surface area contributed by atoms with Gasteiger partial charge in [-0.1, -0.05) is 72.4 Å². The second kappa shape index (κ2) is 8.93. The highest BCUT2D eigenvalue weighted by molar-refractivity contribution is 8.01. The first-order valence-corrected chi connectivity index (χ1v) is 12.6. The van der Waals surface area contributed by atoms with Crippen LogP contribution >= 0.6 is 23.1 Å². The van der Waals surface area contributed by atoms with Gasteiger partial charge in [-0.25, -0.2) is 9.97 Å². The molecule has 0 unspecified atom stereocenters. The number of aromatic nitrogens is 2. The van der Waals surface area contributed by atoms with Crippen LogP contribution in [0.25, 0.3) is 43.5 Å². The van der Waals surface area contributed by atoms with E-state index in [4.69, 9.17) is 14.7 Å². The summed E-state index contributed by atoms with van der Waals surface area (Å²) in [6.07, 6.45) is 0. The van der Waals surface area contributed by atoms with Crippen molar-refractivity contribution < 1.29 is 4.74 Å². The third-order valence-electron chi connectivity index (χ3n) is 5.74. The van der Waals surface area contributed by atoms with Gasteiger partial charge < -0.3 is 4.74 Å². The highest BCUT2D eigenvalue weighted by Crippen LogP contribution is 2.46. The van der Waals surface area contributed by atoms with E-state index in [2.05, 4.69) is 78.9 Å². The average Bonchev–Trinajstić information content (AvgIpc) is 3.31. The Morgan fingerprint density at radius 2 is 1.38 bits per heavy atom. The maximum atomic E-state index is 5.39. The predicted molar refractivity (Wildman–Crippen MR) is 143 cm³/mol. The summed E-state index contributed by atoms with van der Waals surface area (Å²) in [6, 6.07) is 35.3. The van der Waals surface area contributed by atoms with E-state index < -0.39 is 0 Å². The second-order valence-corrected chi connectivity index (χ2v) is 10.1. The van der Waals surface area contributed by atoms with Crippen molar-refractivity contribution in [1.29, 1.82) is 0 Å². The van der Waals surface area contributed by atoms with Crippen molar-refractivity contribution in [3.05, 3.63) is 103 Å². The second-order valence-electron chi connectivity index (χ2n) is 7.83. The van der Waals surface area contributed by atoms with Crippen molar-refractivity contribution in [3.8, 4) is 28.1 Å². The number of methoxy groups -OCH3 is 1. The van der Waals surface area contributed by atoms with E-state index >= 15 is 0 Å². The summed E-state index contributed by atoms with van der Waals surface area (Å²) in [6.45, 7) is 0. The first-order valence-electron chi connectivity index (χ1n) is 11.0. The zero-order valence-corrected chi connectivity index (χ0v) is 20.1. The number of hydrogen-bond acceptors (Lipinski definition) is 5. The van der Waals surface area contributed by atoms with Crippen LogP contribution in [0.2, 0.25) is 0 Å². The number of benzene rings is 4. The number of ether oxygens (including phenoxy) is 1. The Morgan fingerprint density at radius 3 is 2.15 bits per heavy atom. The number of nitrogens with zero attached hydrogens (tertiary/aromatic N) is 2. The lowest BCUT2D eigenvalue weighted by atomic mass is 9.98. The standard InChI is InChI=1S/C29H20N2OS2/c1-32-21-17-15-20(16-18-21)27-28(34-29-31-24-13-7-8-14-25(24)33-29)26(19-9-3-2-4-10-19)22-11-5-6-12-23(22)30-27/h2-18H,1H3. The van der Waals surface area contributed by atoms with E-state index in [1.165, 1.54) is 15.8 Å². The van der Waals surface area contributed by atoms with Gasteiger partial charge >= 0.3 is 0 Å². The molecule has 5 heteroatoms. The molecular weight excluding hydrogens is 456 g/mol. The SMILES string of the molecule is COc1ccc(-c2nc3ccccc3c(-c3ccccc3)c2Sc2nc3ccccc3s2)cc1. The Hall–Kier alpha value is -3.67. The number of rotatable bonds is 5. The lowest BCUT2D eigenvalue weighted by molar-refractivity contribution is 0.415. The Kier molecular flexibility index (Phi) is 5.49. The fourth-order valence-corrected chi connectivity index (χ4v) is 6.40. The van der Waals surface area contributed by atoms with Crippen LogP contribution in [-0.4, -0.2) is 17.1 Å². The minimum Gasteiger partial charge on any atom is -0.497 e. The largest absolute Gasteiger partial charge is 0.497 e. The van der Waals surface area contributed by atoms with Crippen LogP contribution in [0.4, 0.5) is 0 Å². The van der Waals surface area contributed by atoms with E-state index in [0.717, 1.165) is 42.7 Å². The van der Waals surface area contributed by atoms with Gasteiger partial charge in [0.05, 0.1) is 28.5 Å². The van der Waals surface area contributed by atoms with Crippen LogP contribution < -0.4 is 4.74 Å². The maximum Gasteiger partial charge on any atom is 0.156 e. The molecule has 3 nitrogen and oxygen atoms in total. The molecule has 0 atom stereocenters. The summed E-state index contributed by atoms with van der Waals surface area (Å²) in [5, 5.41) is 1.13. The number of fused-ring (bicyclic) bond motifs is 2. The molecule has 0 aliphatic rings. The van der Waals surface area contributed by atoms with Crippen molar-refractivity contribution in [1.82, 2.24) is 9.97 Å². The third-order valence-corrected chi connectivity index (χ3v) is 7.94. The molecule has 0 saturated carbocycles. The molecule has 0 radical (unpaired) electrons. The van der Waals surface area contributed by atoms with Gasteiger partial charge in [0.25, 0.3) is 0 Å². The van der Waals surface area contributed by atoms with Crippen LogP contribution in [0.3, 0.4) is 0 Å². The smallest absolute Gasteiger partial charge is 0.156 e. The molecule has 2 aromatic heterocycles. The Balaban J connectivity index is 1.64. The van der Waals surface area contributed by atoms with E-state index in [1.807, 2.05) is 24.3 Å². The molecule has 0 aliphatic heterocycles. The molecule has 4 aromatic carbocycles. The average molecular weight is 477 g/mol. The van der Waals surface area contributed by atoms with Gasteiger partial charge in [0.1, 0.15) is 5.75 Å². The summed E-state index contributed by atoms with van der Waals surface area (Å²) in [4.78, 5) is 11.2. The molecule has 164 valence electrons. The zero-order valence-electron chi connectivity index (χ0n) is 18.4. The summed E-state index contributed by atoms with van der Waals surface area (Å²) in [5.41, 5.74) is 6.34. The van der Waals surface area contributed by atoms with Gasteiger partial charge in [0.15, 0.2) is 4.34 Å². The van der Waals surface area contributed by atoms with Gasteiger partial charge in [0.2, 0.25) is 0 Å². The molecule has 6 aromatic rings. The van der Waals surface area contributed by atoms with Crippen LogP contribution in [0.1, 0.15) is 0 Å². The van der Waals surface area contributed by atoms with Crippen molar-refractivity contribution in [2.75, 3.05) is 7.11 Å². The van der Waals surface area contributed by atoms with E-state index in [1.54, 1.807) is 30.2 Å². The minimum absolute atomic E-state index is 0.827. The Labute approximate surface area is 206 Å². The quantitative estimate of drug-likeness (QED) is 0.250. The molecule has 0 N–H and O–H groups in total. The van der Waals surface area contributed by atoms with Gasteiger partial charge in [0, 0.05) is 21.4 Å². The van der Waals surface area contributed by atoms with Gasteiger partial charge in [-0.2, -0.15) is 0 Å². The molecule has 2 heterocycles.